The van der Waals surface area contributed by atoms with E-state index in [0.717, 1.165) is 6.42 Å². The predicted octanol–water partition coefficient (Wildman–Crippen LogP) is 1.83. The van der Waals surface area contributed by atoms with Gasteiger partial charge in [-0.1, -0.05) is 22.9 Å². The van der Waals surface area contributed by atoms with Crippen molar-refractivity contribution in [1.29, 1.82) is 0 Å². The minimum absolute atomic E-state index is 0.347. The number of alkyl halides is 1. The van der Waals surface area contributed by atoms with E-state index in [4.69, 9.17) is 0 Å². The van der Waals surface area contributed by atoms with Gasteiger partial charge in [0.25, 0.3) is 0 Å². The third kappa shape index (κ3) is 2.95. The molecule has 0 saturated heterocycles. The molecule has 0 spiro atoms. The highest BCUT2D eigenvalue weighted by Crippen LogP contribution is 2.23. The molecule has 0 unspecified atom stereocenters. The highest BCUT2D eigenvalue weighted by Gasteiger charge is 2.29. The summed E-state index contributed by atoms with van der Waals surface area (Å²) in [6, 6.07) is 0. The standard InChI is InChI=1S/C11H20BrN3O2S/c1-5-7-15(8-6-12)18(16,17)11-9(2)13-14(4)10(11)3/h5-8H2,1-4H3. The van der Waals surface area contributed by atoms with Crippen molar-refractivity contribution in [3.63, 3.8) is 0 Å². The smallest absolute Gasteiger partial charge is 0.246 e. The summed E-state index contributed by atoms with van der Waals surface area (Å²) in [5, 5.41) is 4.81. The van der Waals surface area contributed by atoms with E-state index in [9.17, 15) is 8.42 Å². The molecule has 0 N–H and O–H groups in total. The Bertz CT molecular complexity index is 505. The van der Waals surface area contributed by atoms with Crippen LogP contribution in [0.25, 0.3) is 0 Å². The fourth-order valence-corrected chi connectivity index (χ4v) is 4.55. The Morgan fingerprint density at radius 2 is 1.94 bits per heavy atom. The molecule has 0 fully saturated rings. The average Bonchev–Trinajstić information content (AvgIpc) is 2.53. The maximum Gasteiger partial charge on any atom is 0.246 e. The lowest BCUT2D eigenvalue weighted by molar-refractivity contribution is 0.429. The van der Waals surface area contributed by atoms with E-state index in [2.05, 4.69) is 21.0 Å². The van der Waals surface area contributed by atoms with Crippen LogP contribution in [0.4, 0.5) is 0 Å². The van der Waals surface area contributed by atoms with Gasteiger partial charge in [0.05, 0.1) is 11.4 Å². The molecule has 0 atom stereocenters. The van der Waals surface area contributed by atoms with Gasteiger partial charge < -0.3 is 0 Å². The number of hydrogen-bond acceptors (Lipinski definition) is 3. The van der Waals surface area contributed by atoms with Gasteiger partial charge in [-0.15, -0.1) is 0 Å². The monoisotopic (exact) mass is 337 g/mol. The molecule has 0 bridgehead atoms. The summed E-state index contributed by atoms with van der Waals surface area (Å²) in [7, 11) is -1.69. The summed E-state index contributed by atoms with van der Waals surface area (Å²) in [6.45, 7) is 6.49. The molecule has 5 nitrogen and oxygen atoms in total. The fourth-order valence-electron chi connectivity index (χ4n) is 1.95. The van der Waals surface area contributed by atoms with E-state index in [0.29, 0.717) is 34.7 Å². The van der Waals surface area contributed by atoms with Crippen LogP contribution in [0.1, 0.15) is 24.7 Å². The highest BCUT2D eigenvalue weighted by molar-refractivity contribution is 9.09. The molecular weight excluding hydrogens is 318 g/mol. The first-order chi connectivity index (χ1) is 8.36. The van der Waals surface area contributed by atoms with Crippen LogP contribution in [0.15, 0.2) is 4.90 Å². The Kier molecular flexibility index (Phi) is 5.36. The minimum atomic E-state index is -3.45. The molecule has 1 rings (SSSR count). The topological polar surface area (TPSA) is 55.2 Å². The summed E-state index contributed by atoms with van der Waals surface area (Å²) >= 11 is 3.30. The Morgan fingerprint density at radius 3 is 2.33 bits per heavy atom. The summed E-state index contributed by atoms with van der Waals surface area (Å²) in [4.78, 5) is 0.347. The SMILES string of the molecule is CCCN(CCBr)S(=O)(=O)c1c(C)nn(C)c1C. The van der Waals surface area contributed by atoms with Crippen molar-refractivity contribution >= 4 is 26.0 Å². The van der Waals surface area contributed by atoms with Crippen molar-refractivity contribution in [2.24, 2.45) is 7.05 Å². The average molecular weight is 338 g/mol. The lowest BCUT2D eigenvalue weighted by Crippen LogP contribution is -2.34. The lowest BCUT2D eigenvalue weighted by Gasteiger charge is -2.20. The van der Waals surface area contributed by atoms with E-state index >= 15 is 0 Å². The molecule has 0 amide bonds. The number of hydrogen-bond donors (Lipinski definition) is 0. The zero-order valence-electron chi connectivity index (χ0n) is 11.3. The maximum atomic E-state index is 12.6. The van der Waals surface area contributed by atoms with Gasteiger partial charge in [0.15, 0.2) is 0 Å². The van der Waals surface area contributed by atoms with Crippen LogP contribution < -0.4 is 0 Å². The number of aryl methyl sites for hydroxylation is 2. The van der Waals surface area contributed by atoms with Gasteiger partial charge in [-0.05, 0) is 20.3 Å². The maximum absolute atomic E-state index is 12.6. The van der Waals surface area contributed by atoms with Crippen LogP contribution in [-0.4, -0.2) is 40.9 Å². The summed E-state index contributed by atoms with van der Waals surface area (Å²) in [6.07, 6.45) is 0.796. The molecule has 1 aromatic heterocycles. The first-order valence-corrected chi connectivity index (χ1v) is 8.48. The molecule has 1 aromatic rings. The lowest BCUT2D eigenvalue weighted by atomic mass is 10.4. The van der Waals surface area contributed by atoms with Crippen molar-refractivity contribution in [1.82, 2.24) is 14.1 Å². The third-order valence-corrected chi connectivity index (χ3v) is 5.35. The van der Waals surface area contributed by atoms with Gasteiger partial charge in [-0.25, -0.2) is 8.42 Å². The normalized spacial score (nSPS) is 12.3. The molecule has 104 valence electrons. The minimum Gasteiger partial charge on any atom is -0.271 e. The van der Waals surface area contributed by atoms with E-state index < -0.39 is 10.0 Å². The van der Waals surface area contributed by atoms with Gasteiger partial charge in [0.1, 0.15) is 4.90 Å². The molecule has 0 radical (unpaired) electrons. The summed E-state index contributed by atoms with van der Waals surface area (Å²) in [5.74, 6) is 0. The first kappa shape index (κ1) is 15.7. The van der Waals surface area contributed by atoms with Crippen LogP contribution >= 0.6 is 15.9 Å². The van der Waals surface area contributed by atoms with Gasteiger partial charge in [-0.3, -0.25) is 4.68 Å². The molecule has 0 saturated carbocycles. The van der Waals surface area contributed by atoms with E-state index in [1.54, 1.807) is 25.6 Å². The van der Waals surface area contributed by atoms with E-state index in [-0.39, 0.29) is 0 Å². The molecule has 0 aliphatic carbocycles. The number of halogens is 1. The molecule has 7 heteroatoms. The Morgan fingerprint density at radius 1 is 1.33 bits per heavy atom. The van der Waals surface area contributed by atoms with Crippen LogP contribution in [0.2, 0.25) is 0 Å². The van der Waals surface area contributed by atoms with Gasteiger partial charge in [-0.2, -0.15) is 9.40 Å². The van der Waals surface area contributed by atoms with Crippen LogP contribution in [-0.2, 0) is 17.1 Å². The number of rotatable bonds is 6. The van der Waals surface area contributed by atoms with Crippen LogP contribution in [0.3, 0.4) is 0 Å². The fraction of sp³-hybridized carbons (Fsp3) is 0.727. The highest BCUT2D eigenvalue weighted by atomic mass is 79.9. The zero-order chi connectivity index (χ0) is 13.9. The van der Waals surface area contributed by atoms with E-state index in [1.165, 1.54) is 4.31 Å². The van der Waals surface area contributed by atoms with Crippen molar-refractivity contribution in [3.8, 4) is 0 Å². The second kappa shape index (κ2) is 6.16. The van der Waals surface area contributed by atoms with Gasteiger partial charge >= 0.3 is 0 Å². The van der Waals surface area contributed by atoms with Crippen molar-refractivity contribution in [2.45, 2.75) is 32.1 Å². The third-order valence-electron chi connectivity index (χ3n) is 2.85. The van der Waals surface area contributed by atoms with Crippen molar-refractivity contribution in [2.75, 3.05) is 18.4 Å². The molecule has 0 aliphatic rings. The Hall–Kier alpha value is -0.400. The molecule has 18 heavy (non-hydrogen) atoms. The molecular formula is C11H20BrN3O2S. The summed E-state index contributed by atoms with van der Waals surface area (Å²) in [5.41, 5.74) is 1.24. The van der Waals surface area contributed by atoms with Gasteiger partial charge in [0.2, 0.25) is 10.0 Å². The quantitative estimate of drug-likeness (QED) is 0.744. The van der Waals surface area contributed by atoms with Crippen molar-refractivity contribution in [3.05, 3.63) is 11.4 Å². The van der Waals surface area contributed by atoms with Gasteiger partial charge in [0, 0.05) is 25.5 Å². The Labute approximate surface area is 117 Å². The predicted molar refractivity (Wildman–Crippen MR) is 75.5 cm³/mol. The Balaban J connectivity index is 3.26. The van der Waals surface area contributed by atoms with Crippen LogP contribution in [0.5, 0.6) is 0 Å². The molecule has 0 aliphatic heterocycles. The summed E-state index contributed by atoms with van der Waals surface area (Å²) < 4.78 is 28.4. The number of nitrogens with zero attached hydrogens (tertiary/aromatic N) is 3. The largest absolute Gasteiger partial charge is 0.271 e. The molecule has 1 heterocycles. The zero-order valence-corrected chi connectivity index (χ0v) is 13.7. The second-order valence-corrected chi connectivity index (χ2v) is 6.88. The van der Waals surface area contributed by atoms with Crippen LogP contribution in [0, 0.1) is 13.8 Å². The number of sulfonamides is 1. The number of aromatic nitrogens is 2. The first-order valence-electron chi connectivity index (χ1n) is 5.92. The molecule has 0 aromatic carbocycles. The second-order valence-electron chi connectivity index (χ2n) is 4.22. The van der Waals surface area contributed by atoms with Crippen molar-refractivity contribution < 1.29 is 8.42 Å². The van der Waals surface area contributed by atoms with E-state index in [1.807, 2.05) is 6.92 Å².